The first-order valence-corrected chi connectivity index (χ1v) is 4.87. The average Bonchev–Trinajstić information content (AvgIpc) is 2.26. The summed E-state index contributed by atoms with van der Waals surface area (Å²) in [6, 6.07) is 1.91. The van der Waals surface area contributed by atoms with Crippen molar-refractivity contribution in [3.63, 3.8) is 0 Å². The van der Waals surface area contributed by atoms with Crippen molar-refractivity contribution in [3.05, 3.63) is 29.8 Å². The number of halogens is 6. The molecule has 20 heavy (non-hydrogen) atoms. The highest BCUT2D eigenvalue weighted by atomic mass is 19.4. The highest BCUT2D eigenvalue weighted by molar-refractivity contribution is 6.03. The molecule has 0 saturated carbocycles. The summed E-state index contributed by atoms with van der Waals surface area (Å²) in [6.45, 7) is 0. The molecule has 4 nitrogen and oxygen atoms in total. The standard InChI is InChI=1S/C10H6F6N2O2/c11-9(12,13)5-3-1-2-4-6(5)17-8(20)18-7(19)10(14,15)16/h1-4H,(H2,17,18,19,20). The molecule has 0 spiro atoms. The van der Waals surface area contributed by atoms with Crippen molar-refractivity contribution in [3.8, 4) is 0 Å². The Morgan fingerprint density at radius 3 is 2.00 bits per heavy atom. The first-order valence-electron chi connectivity index (χ1n) is 4.87. The third-order valence-electron chi connectivity index (χ3n) is 1.97. The van der Waals surface area contributed by atoms with Crippen LogP contribution in [0.5, 0.6) is 0 Å². The van der Waals surface area contributed by atoms with Gasteiger partial charge >= 0.3 is 24.3 Å². The minimum atomic E-state index is -5.32. The number of benzene rings is 1. The first-order chi connectivity index (χ1) is 9.01. The van der Waals surface area contributed by atoms with Gasteiger partial charge in [-0.3, -0.25) is 10.1 Å². The van der Waals surface area contributed by atoms with Crippen molar-refractivity contribution in [1.29, 1.82) is 0 Å². The number of alkyl halides is 6. The molecular formula is C10H6F6N2O2. The highest BCUT2D eigenvalue weighted by Gasteiger charge is 2.40. The maximum Gasteiger partial charge on any atom is 0.471 e. The molecule has 1 rings (SSSR count). The molecule has 0 unspecified atom stereocenters. The van der Waals surface area contributed by atoms with Crippen molar-refractivity contribution < 1.29 is 35.9 Å². The minimum Gasteiger partial charge on any atom is -0.307 e. The maximum absolute atomic E-state index is 12.5. The molecule has 0 saturated heterocycles. The zero-order valence-corrected chi connectivity index (χ0v) is 9.39. The quantitative estimate of drug-likeness (QED) is 0.783. The fourth-order valence-electron chi connectivity index (χ4n) is 1.17. The Hall–Kier alpha value is -2.26. The third kappa shape index (κ3) is 4.14. The SMILES string of the molecule is O=C(NC(=O)C(F)(F)F)Nc1ccccc1C(F)(F)F. The van der Waals surface area contributed by atoms with Gasteiger partial charge in [-0.05, 0) is 12.1 Å². The van der Waals surface area contributed by atoms with Gasteiger partial charge in [0, 0.05) is 0 Å². The van der Waals surface area contributed by atoms with E-state index in [0.717, 1.165) is 23.5 Å². The summed E-state index contributed by atoms with van der Waals surface area (Å²) in [5.41, 5.74) is -2.03. The zero-order valence-electron chi connectivity index (χ0n) is 9.39. The largest absolute Gasteiger partial charge is 0.471 e. The second-order valence-corrected chi connectivity index (χ2v) is 3.45. The van der Waals surface area contributed by atoms with Crippen molar-refractivity contribution in [1.82, 2.24) is 5.32 Å². The number of carbonyl (C=O) groups excluding carboxylic acids is 2. The molecule has 0 bridgehead atoms. The van der Waals surface area contributed by atoms with Crippen LogP contribution in [0.25, 0.3) is 0 Å². The van der Waals surface area contributed by atoms with Crippen LogP contribution in [-0.4, -0.2) is 18.1 Å². The summed E-state index contributed by atoms with van der Waals surface area (Å²) in [7, 11) is 0. The van der Waals surface area contributed by atoms with Gasteiger partial charge in [-0.15, -0.1) is 0 Å². The van der Waals surface area contributed by atoms with Crippen molar-refractivity contribution in [2.24, 2.45) is 0 Å². The van der Waals surface area contributed by atoms with Gasteiger partial charge in [0.05, 0.1) is 11.3 Å². The van der Waals surface area contributed by atoms with Crippen LogP contribution in [0, 0.1) is 0 Å². The summed E-state index contributed by atoms with van der Waals surface area (Å²) >= 11 is 0. The Morgan fingerprint density at radius 2 is 1.50 bits per heavy atom. The smallest absolute Gasteiger partial charge is 0.307 e. The van der Waals surface area contributed by atoms with Crippen molar-refractivity contribution in [2.45, 2.75) is 12.4 Å². The van der Waals surface area contributed by atoms with E-state index in [0.29, 0.717) is 6.07 Å². The van der Waals surface area contributed by atoms with E-state index in [1.807, 2.05) is 0 Å². The Morgan fingerprint density at radius 1 is 0.950 bits per heavy atom. The van der Waals surface area contributed by atoms with Gasteiger partial charge in [0.15, 0.2) is 0 Å². The number of imide groups is 1. The molecule has 0 aromatic heterocycles. The van der Waals surface area contributed by atoms with E-state index in [-0.39, 0.29) is 0 Å². The second kappa shape index (κ2) is 5.39. The monoisotopic (exact) mass is 300 g/mol. The minimum absolute atomic E-state index is 0.626. The van der Waals surface area contributed by atoms with Gasteiger partial charge in [-0.2, -0.15) is 26.3 Å². The Bertz CT molecular complexity index is 523. The van der Waals surface area contributed by atoms with Gasteiger partial charge in [-0.25, -0.2) is 4.79 Å². The molecule has 0 heterocycles. The Balaban J connectivity index is 2.85. The number of urea groups is 1. The number of hydrogen-bond donors (Lipinski definition) is 2. The first kappa shape index (κ1) is 15.8. The molecule has 0 atom stereocenters. The normalized spacial score (nSPS) is 11.9. The number of carbonyl (C=O) groups is 2. The zero-order chi connectivity index (χ0) is 15.6. The maximum atomic E-state index is 12.5. The molecule has 0 radical (unpaired) electrons. The van der Waals surface area contributed by atoms with Gasteiger partial charge in [-0.1, -0.05) is 12.1 Å². The van der Waals surface area contributed by atoms with Crippen LogP contribution >= 0.6 is 0 Å². The number of hydrogen-bond acceptors (Lipinski definition) is 2. The van der Waals surface area contributed by atoms with Crippen LogP contribution in [0.2, 0.25) is 0 Å². The van der Waals surface area contributed by atoms with Gasteiger partial charge < -0.3 is 5.32 Å². The average molecular weight is 300 g/mol. The van der Waals surface area contributed by atoms with Gasteiger partial charge in [0.1, 0.15) is 0 Å². The summed E-state index contributed by atoms with van der Waals surface area (Å²) in [5.74, 6) is -2.58. The third-order valence-corrected chi connectivity index (χ3v) is 1.97. The fraction of sp³-hybridized carbons (Fsp3) is 0.200. The van der Waals surface area contributed by atoms with Crippen LogP contribution in [0.4, 0.5) is 36.8 Å². The van der Waals surface area contributed by atoms with Crippen LogP contribution in [-0.2, 0) is 11.0 Å². The predicted octanol–water partition coefficient (Wildman–Crippen LogP) is 2.92. The van der Waals surface area contributed by atoms with E-state index in [9.17, 15) is 35.9 Å². The number of rotatable bonds is 1. The van der Waals surface area contributed by atoms with Crippen LogP contribution in [0.15, 0.2) is 24.3 Å². The Labute approximate surface area is 107 Å². The number of anilines is 1. The van der Waals surface area contributed by atoms with E-state index < -0.39 is 35.5 Å². The predicted molar refractivity (Wildman–Crippen MR) is 54.7 cm³/mol. The molecule has 110 valence electrons. The molecule has 1 aromatic carbocycles. The molecule has 1 aromatic rings. The summed E-state index contributed by atoms with van der Waals surface area (Å²) in [5, 5.41) is 2.39. The van der Waals surface area contributed by atoms with Crippen molar-refractivity contribution in [2.75, 3.05) is 5.32 Å². The van der Waals surface area contributed by atoms with Crippen LogP contribution in [0.1, 0.15) is 5.56 Å². The molecule has 0 aliphatic rings. The van der Waals surface area contributed by atoms with E-state index in [2.05, 4.69) is 0 Å². The molecule has 0 aliphatic carbocycles. The number of para-hydroxylation sites is 1. The lowest BCUT2D eigenvalue weighted by atomic mass is 10.1. The molecule has 0 fully saturated rings. The van der Waals surface area contributed by atoms with E-state index in [1.54, 1.807) is 0 Å². The molecule has 3 amide bonds. The second-order valence-electron chi connectivity index (χ2n) is 3.45. The van der Waals surface area contributed by atoms with E-state index in [4.69, 9.17) is 0 Å². The molecule has 10 heteroatoms. The lowest BCUT2D eigenvalue weighted by Crippen LogP contribution is -2.42. The lowest BCUT2D eigenvalue weighted by Gasteiger charge is -2.14. The number of nitrogens with one attached hydrogen (secondary N) is 2. The summed E-state index contributed by atoms with van der Waals surface area (Å²) in [4.78, 5) is 21.5. The molecular weight excluding hydrogens is 294 g/mol. The summed E-state index contributed by atoms with van der Waals surface area (Å²) in [6.07, 6.45) is -10.1. The lowest BCUT2D eigenvalue weighted by molar-refractivity contribution is -0.172. The van der Waals surface area contributed by atoms with E-state index >= 15 is 0 Å². The van der Waals surface area contributed by atoms with Gasteiger partial charge in [0.25, 0.3) is 0 Å². The molecule has 2 N–H and O–H groups in total. The van der Waals surface area contributed by atoms with Crippen LogP contribution in [0.3, 0.4) is 0 Å². The summed E-state index contributed by atoms with van der Waals surface area (Å²) < 4.78 is 73.1. The van der Waals surface area contributed by atoms with E-state index in [1.165, 1.54) is 5.32 Å². The van der Waals surface area contributed by atoms with Gasteiger partial charge in [0.2, 0.25) is 0 Å². The van der Waals surface area contributed by atoms with Crippen LogP contribution < -0.4 is 10.6 Å². The molecule has 0 aliphatic heterocycles. The topological polar surface area (TPSA) is 58.2 Å². The van der Waals surface area contributed by atoms with Crippen molar-refractivity contribution >= 4 is 17.6 Å². The number of amides is 3. The Kier molecular flexibility index (Phi) is 4.26. The fourth-order valence-corrected chi connectivity index (χ4v) is 1.17. The highest BCUT2D eigenvalue weighted by Crippen LogP contribution is 2.34.